The minimum Gasteiger partial charge on any atom is -0.456 e. The van der Waals surface area contributed by atoms with Gasteiger partial charge in [0.2, 0.25) is 0 Å². The molecule has 7 aromatic rings. The average molecular weight is 501 g/mol. The summed E-state index contributed by atoms with van der Waals surface area (Å²) >= 11 is 0. The normalized spacial score (nSPS) is 15.3. The van der Waals surface area contributed by atoms with E-state index in [0.717, 1.165) is 16.6 Å². The molecule has 0 fully saturated rings. The van der Waals surface area contributed by atoms with Gasteiger partial charge in [-0.1, -0.05) is 129 Å². The Bertz CT molecular complexity index is 1990. The van der Waals surface area contributed by atoms with Crippen LogP contribution in [0.1, 0.15) is 47.2 Å². The second-order valence-corrected chi connectivity index (χ2v) is 11.3. The van der Waals surface area contributed by atoms with Crippen molar-refractivity contribution < 1.29 is 4.42 Å². The molecule has 0 atom stereocenters. The first-order valence-corrected chi connectivity index (χ1v) is 13.7. The summed E-state index contributed by atoms with van der Waals surface area (Å²) in [7, 11) is 0. The Kier molecular flexibility index (Phi) is 4.56. The van der Waals surface area contributed by atoms with E-state index < -0.39 is 5.41 Å². The number of benzene rings is 6. The van der Waals surface area contributed by atoms with Gasteiger partial charge in [0.15, 0.2) is 0 Å². The van der Waals surface area contributed by atoms with E-state index in [1.165, 1.54) is 49.5 Å². The van der Waals surface area contributed by atoms with Crippen LogP contribution in [0.3, 0.4) is 0 Å². The van der Waals surface area contributed by atoms with E-state index in [2.05, 4.69) is 141 Å². The summed E-state index contributed by atoms with van der Waals surface area (Å²) in [6.45, 7) is 4.72. The number of rotatable bonds is 2. The van der Waals surface area contributed by atoms with Gasteiger partial charge in [0.25, 0.3) is 0 Å². The fourth-order valence-corrected chi connectivity index (χ4v) is 7.25. The molecule has 1 heterocycles. The summed E-state index contributed by atoms with van der Waals surface area (Å²) in [5, 5.41) is 4.80. The lowest BCUT2D eigenvalue weighted by molar-refractivity contribution is 0.559. The molecule has 0 unspecified atom stereocenters. The van der Waals surface area contributed by atoms with E-state index in [4.69, 9.17) is 4.42 Å². The largest absolute Gasteiger partial charge is 0.456 e. The van der Waals surface area contributed by atoms with Crippen LogP contribution in [0.15, 0.2) is 138 Å². The molecule has 1 aliphatic carbocycles. The van der Waals surface area contributed by atoms with Crippen LogP contribution in [0, 0.1) is 0 Å². The van der Waals surface area contributed by atoms with Crippen molar-refractivity contribution in [2.45, 2.75) is 24.7 Å². The van der Waals surface area contributed by atoms with E-state index in [-0.39, 0.29) is 5.41 Å². The Morgan fingerprint density at radius 1 is 0.462 bits per heavy atom. The van der Waals surface area contributed by atoms with Crippen molar-refractivity contribution in [2.75, 3.05) is 0 Å². The highest BCUT2D eigenvalue weighted by atomic mass is 16.3. The second-order valence-electron chi connectivity index (χ2n) is 11.3. The highest BCUT2D eigenvalue weighted by Crippen LogP contribution is 2.56. The van der Waals surface area contributed by atoms with Crippen LogP contribution >= 0.6 is 0 Å². The lowest BCUT2D eigenvalue weighted by Crippen LogP contribution is -2.41. The standard InChI is InChI=1S/C38H28O/c1-37(2)30-15-7-9-17-32(30)38(26-12-4-3-5-13-26,33-18-10-8-16-31(33)37)27-22-20-25-21-23-35-36(29(25)24-27)28-14-6-11-19-34(28)39-35/h3-24H,1-2H3. The Labute approximate surface area is 228 Å². The second kappa shape index (κ2) is 7.94. The molecular formula is C38H28O. The van der Waals surface area contributed by atoms with E-state index in [9.17, 15) is 0 Å². The van der Waals surface area contributed by atoms with E-state index in [1.807, 2.05) is 6.07 Å². The van der Waals surface area contributed by atoms with Gasteiger partial charge in [0.05, 0.1) is 5.41 Å². The zero-order chi connectivity index (χ0) is 26.2. The Morgan fingerprint density at radius 2 is 1.05 bits per heavy atom. The molecule has 1 nitrogen and oxygen atoms in total. The lowest BCUT2D eigenvalue weighted by Gasteiger charge is -2.48. The number of para-hydroxylation sites is 1. The maximum atomic E-state index is 6.30. The van der Waals surface area contributed by atoms with Crippen molar-refractivity contribution >= 4 is 32.7 Å². The molecule has 0 N–H and O–H groups in total. The van der Waals surface area contributed by atoms with E-state index in [0.29, 0.717) is 0 Å². The summed E-state index contributed by atoms with van der Waals surface area (Å²) < 4.78 is 6.30. The molecule has 186 valence electrons. The molecule has 0 aliphatic heterocycles. The van der Waals surface area contributed by atoms with Crippen LogP contribution in [0.2, 0.25) is 0 Å². The van der Waals surface area contributed by atoms with Crippen molar-refractivity contribution in [3.8, 4) is 0 Å². The van der Waals surface area contributed by atoms with E-state index in [1.54, 1.807) is 0 Å². The van der Waals surface area contributed by atoms with Gasteiger partial charge in [-0.25, -0.2) is 0 Å². The molecule has 1 heteroatoms. The summed E-state index contributed by atoms with van der Waals surface area (Å²) in [6.07, 6.45) is 0. The predicted octanol–water partition coefficient (Wildman–Crippen LogP) is 9.76. The highest BCUT2D eigenvalue weighted by molar-refractivity contribution is 6.18. The maximum absolute atomic E-state index is 6.30. The van der Waals surface area contributed by atoms with Crippen LogP contribution in [-0.4, -0.2) is 0 Å². The molecule has 0 bridgehead atoms. The third-order valence-corrected chi connectivity index (χ3v) is 9.01. The SMILES string of the molecule is CC1(C)c2ccccc2C(c2ccccc2)(c2ccc3ccc4oc5ccccc5c4c3c2)c2ccccc21. The summed E-state index contributed by atoms with van der Waals surface area (Å²) in [4.78, 5) is 0. The zero-order valence-corrected chi connectivity index (χ0v) is 22.1. The first-order valence-electron chi connectivity index (χ1n) is 13.7. The summed E-state index contributed by atoms with van der Waals surface area (Å²) in [6, 6.07) is 48.9. The van der Waals surface area contributed by atoms with Gasteiger partial charge in [0, 0.05) is 16.2 Å². The Hall–Kier alpha value is -4.62. The number of fused-ring (bicyclic) bond motifs is 7. The Morgan fingerprint density at radius 3 is 1.77 bits per heavy atom. The van der Waals surface area contributed by atoms with E-state index >= 15 is 0 Å². The number of hydrogen-bond donors (Lipinski definition) is 0. The minimum atomic E-state index is -0.458. The monoisotopic (exact) mass is 500 g/mol. The van der Waals surface area contributed by atoms with Crippen LogP contribution < -0.4 is 0 Å². The third-order valence-electron chi connectivity index (χ3n) is 9.01. The quantitative estimate of drug-likeness (QED) is 0.230. The molecule has 0 radical (unpaired) electrons. The van der Waals surface area contributed by atoms with Crippen LogP contribution in [0.25, 0.3) is 32.7 Å². The first kappa shape index (κ1) is 22.4. The maximum Gasteiger partial charge on any atom is 0.136 e. The zero-order valence-electron chi connectivity index (χ0n) is 22.1. The predicted molar refractivity (Wildman–Crippen MR) is 162 cm³/mol. The summed E-state index contributed by atoms with van der Waals surface area (Å²) in [5.74, 6) is 0. The number of furan rings is 1. The van der Waals surface area contributed by atoms with Crippen LogP contribution in [-0.2, 0) is 10.8 Å². The average Bonchev–Trinajstić information content (AvgIpc) is 3.37. The van der Waals surface area contributed by atoms with Gasteiger partial charge >= 0.3 is 0 Å². The molecular weight excluding hydrogens is 472 g/mol. The molecule has 0 spiro atoms. The van der Waals surface area contributed by atoms with Gasteiger partial charge in [-0.15, -0.1) is 0 Å². The Balaban J connectivity index is 1.57. The van der Waals surface area contributed by atoms with Crippen molar-refractivity contribution in [3.63, 3.8) is 0 Å². The molecule has 0 saturated heterocycles. The molecule has 6 aromatic carbocycles. The molecule has 39 heavy (non-hydrogen) atoms. The van der Waals surface area contributed by atoms with Gasteiger partial charge in [-0.3, -0.25) is 0 Å². The smallest absolute Gasteiger partial charge is 0.136 e. The first-order chi connectivity index (χ1) is 19.1. The molecule has 0 amide bonds. The summed E-state index contributed by atoms with van der Waals surface area (Å²) in [5.41, 5.74) is 9.29. The number of hydrogen-bond acceptors (Lipinski definition) is 1. The van der Waals surface area contributed by atoms with Crippen molar-refractivity contribution in [1.82, 2.24) is 0 Å². The van der Waals surface area contributed by atoms with Gasteiger partial charge < -0.3 is 4.42 Å². The fraction of sp³-hybridized carbons (Fsp3) is 0.105. The molecule has 0 saturated carbocycles. The third kappa shape index (κ3) is 2.90. The lowest BCUT2D eigenvalue weighted by atomic mass is 9.54. The molecule has 1 aliphatic rings. The highest BCUT2D eigenvalue weighted by Gasteiger charge is 2.48. The van der Waals surface area contributed by atoms with Gasteiger partial charge in [-0.2, -0.15) is 0 Å². The molecule has 1 aromatic heterocycles. The van der Waals surface area contributed by atoms with Crippen LogP contribution in [0.5, 0.6) is 0 Å². The van der Waals surface area contributed by atoms with Crippen LogP contribution in [0.4, 0.5) is 0 Å². The fourth-order valence-electron chi connectivity index (χ4n) is 7.25. The van der Waals surface area contributed by atoms with Crippen molar-refractivity contribution in [1.29, 1.82) is 0 Å². The molecule has 8 rings (SSSR count). The topological polar surface area (TPSA) is 13.1 Å². The van der Waals surface area contributed by atoms with Gasteiger partial charge in [0.1, 0.15) is 11.2 Å². The van der Waals surface area contributed by atoms with Crippen molar-refractivity contribution in [2.24, 2.45) is 0 Å². The minimum absolute atomic E-state index is 0.115. The van der Waals surface area contributed by atoms with Gasteiger partial charge in [-0.05, 0) is 62.4 Å². The van der Waals surface area contributed by atoms with Crippen molar-refractivity contribution in [3.05, 3.63) is 167 Å².